The van der Waals surface area contributed by atoms with Gasteiger partial charge in [-0.2, -0.15) is 0 Å². The van der Waals surface area contributed by atoms with Gasteiger partial charge in [-0.15, -0.1) is 0 Å². The molecule has 162 valence electrons. The molecule has 0 aliphatic carbocycles. The second-order valence-corrected chi connectivity index (χ2v) is 6.69. The predicted octanol–water partition coefficient (Wildman–Crippen LogP) is 3.55. The minimum Gasteiger partial charge on any atom is -0.490 e. The van der Waals surface area contributed by atoms with Gasteiger partial charge in [-0.3, -0.25) is 9.59 Å². The number of benzene rings is 2. The minimum atomic E-state index is -0.250. The van der Waals surface area contributed by atoms with Gasteiger partial charge in [0.1, 0.15) is 18.1 Å². The molecule has 0 radical (unpaired) electrons. The van der Waals surface area contributed by atoms with Crippen LogP contribution in [0.5, 0.6) is 5.75 Å². The van der Waals surface area contributed by atoms with Gasteiger partial charge in [-0.25, -0.2) is 0 Å². The molecule has 0 unspecified atom stereocenters. The molecule has 0 aliphatic heterocycles. The van der Waals surface area contributed by atoms with Crippen molar-refractivity contribution in [1.82, 2.24) is 10.6 Å². The lowest BCUT2D eigenvalue weighted by molar-refractivity contribution is 0.0932. The molecular formula is C24H26N2O5. The van der Waals surface area contributed by atoms with Crippen molar-refractivity contribution in [2.24, 2.45) is 0 Å². The van der Waals surface area contributed by atoms with Crippen molar-refractivity contribution in [2.75, 3.05) is 19.8 Å². The summed E-state index contributed by atoms with van der Waals surface area (Å²) < 4.78 is 16.2. The normalized spacial score (nSPS) is 10.5. The van der Waals surface area contributed by atoms with Crippen molar-refractivity contribution in [3.63, 3.8) is 0 Å². The number of nitrogens with one attached hydrogen (secondary N) is 2. The first kappa shape index (κ1) is 22.1. The Kier molecular flexibility index (Phi) is 8.25. The molecule has 0 aliphatic rings. The number of rotatable bonds is 11. The molecule has 0 saturated carbocycles. The van der Waals surface area contributed by atoms with Gasteiger partial charge in [0.15, 0.2) is 0 Å². The Morgan fingerprint density at radius 3 is 2.55 bits per heavy atom. The highest BCUT2D eigenvalue weighted by Gasteiger charge is 2.13. The Morgan fingerprint density at radius 2 is 1.74 bits per heavy atom. The van der Waals surface area contributed by atoms with Crippen LogP contribution in [0.25, 0.3) is 0 Å². The first-order valence-electron chi connectivity index (χ1n) is 10.1. The highest BCUT2D eigenvalue weighted by Crippen LogP contribution is 2.18. The van der Waals surface area contributed by atoms with Crippen LogP contribution in [0.15, 0.2) is 71.3 Å². The maximum atomic E-state index is 12.7. The van der Waals surface area contributed by atoms with Crippen LogP contribution in [0, 0.1) is 0 Å². The van der Waals surface area contributed by atoms with Crippen molar-refractivity contribution < 1.29 is 23.5 Å². The zero-order valence-corrected chi connectivity index (χ0v) is 17.4. The summed E-state index contributed by atoms with van der Waals surface area (Å²) in [6, 6.07) is 17.8. The van der Waals surface area contributed by atoms with E-state index in [1.807, 2.05) is 19.1 Å². The molecule has 3 rings (SSSR count). The molecule has 2 N–H and O–H groups in total. The molecule has 0 bridgehead atoms. The number of carbonyl (C=O) groups is 2. The third-order valence-electron chi connectivity index (χ3n) is 4.47. The Hall–Kier alpha value is -3.58. The summed E-state index contributed by atoms with van der Waals surface area (Å²) in [5.41, 5.74) is 1.78. The van der Waals surface area contributed by atoms with Crippen LogP contribution in [0.3, 0.4) is 0 Å². The maximum Gasteiger partial charge on any atom is 0.255 e. The van der Waals surface area contributed by atoms with Gasteiger partial charge in [-0.1, -0.05) is 24.3 Å². The van der Waals surface area contributed by atoms with Crippen molar-refractivity contribution in [2.45, 2.75) is 20.0 Å². The molecular weight excluding hydrogens is 396 g/mol. The van der Waals surface area contributed by atoms with Crippen molar-refractivity contribution in [3.8, 4) is 5.75 Å². The molecule has 0 atom stereocenters. The molecule has 1 aromatic heterocycles. The fourth-order valence-corrected chi connectivity index (χ4v) is 2.92. The smallest absolute Gasteiger partial charge is 0.255 e. The van der Waals surface area contributed by atoms with Gasteiger partial charge >= 0.3 is 0 Å². The van der Waals surface area contributed by atoms with E-state index in [0.29, 0.717) is 49.0 Å². The lowest BCUT2D eigenvalue weighted by Gasteiger charge is -2.12. The zero-order chi connectivity index (χ0) is 21.9. The van der Waals surface area contributed by atoms with Gasteiger partial charge in [0.2, 0.25) is 0 Å². The molecule has 2 aromatic carbocycles. The second kappa shape index (κ2) is 11.6. The molecule has 0 saturated heterocycles. The van der Waals surface area contributed by atoms with E-state index in [4.69, 9.17) is 13.9 Å². The number of carbonyl (C=O) groups excluding carboxylic acids is 2. The average molecular weight is 422 g/mol. The van der Waals surface area contributed by atoms with E-state index in [1.54, 1.807) is 54.8 Å². The summed E-state index contributed by atoms with van der Waals surface area (Å²) in [5, 5.41) is 5.69. The van der Waals surface area contributed by atoms with Crippen LogP contribution < -0.4 is 15.4 Å². The molecule has 0 fully saturated rings. The number of amides is 2. The van der Waals surface area contributed by atoms with E-state index in [1.165, 1.54) is 0 Å². The van der Waals surface area contributed by atoms with Crippen molar-refractivity contribution in [1.29, 1.82) is 0 Å². The van der Waals surface area contributed by atoms with Crippen LogP contribution in [-0.2, 0) is 17.8 Å². The second-order valence-electron chi connectivity index (χ2n) is 6.69. The fourth-order valence-electron chi connectivity index (χ4n) is 2.92. The van der Waals surface area contributed by atoms with Crippen LogP contribution in [0.2, 0.25) is 0 Å². The summed E-state index contributed by atoms with van der Waals surface area (Å²) in [6.45, 7) is 3.96. The third kappa shape index (κ3) is 6.72. The molecule has 3 aromatic rings. The van der Waals surface area contributed by atoms with Gasteiger partial charge in [0.05, 0.1) is 25.0 Å². The fraction of sp³-hybridized carbons (Fsp3) is 0.250. The SMILES string of the molecule is CCOCCOc1ccccc1C(=O)NCc1cccc(C(=O)NCc2ccco2)c1. The van der Waals surface area contributed by atoms with Gasteiger partial charge < -0.3 is 24.5 Å². The van der Waals surface area contributed by atoms with Crippen molar-refractivity contribution >= 4 is 11.8 Å². The maximum absolute atomic E-state index is 12.7. The Morgan fingerprint density at radius 1 is 0.903 bits per heavy atom. The summed E-state index contributed by atoms with van der Waals surface area (Å²) in [6.07, 6.45) is 1.56. The standard InChI is InChI=1S/C24H26N2O5/c1-2-29-13-14-31-22-11-4-3-10-21(22)24(28)25-16-18-7-5-8-19(15-18)23(27)26-17-20-9-6-12-30-20/h3-12,15H,2,13-14,16-17H2,1H3,(H,25,28)(H,26,27). The topological polar surface area (TPSA) is 89.8 Å². The van der Waals surface area contributed by atoms with E-state index < -0.39 is 0 Å². The first-order valence-corrected chi connectivity index (χ1v) is 10.1. The van der Waals surface area contributed by atoms with Crippen LogP contribution >= 0.6 is 0 Å². The summed E-state index contributed by atoms with van der Waals surface area (Å²) >= 11 is 0. The van der Waals surface area contributed by atoms with Crippen LogP contribution in [0.1, 0.15) is 39.0 Å². The molecule has 2 amide bonds. The quantitative estimate of drug-likeness (QED) is 0.461. The summed E-state index contributed by atoms with van der Waals surface area (Å²) in [4.78, 5) is 25.0. The van der Waals surface area contributed by atoms with Crippen molar-refractivity contribution in [3.05, 3.63) is 89.4 Å². The van der Waals surface area contributed by atoms with E-state index in [-0.39, 0.29) is 18.4 Å². The third-order valence-corrected chi connectivity index (χ3v) is 4.47. The predicted molar refractivity (Wildman–Crippen MR) is 116 cm³/mol. The Balaban J connectivity index is 1.56. The molecule has 7 heteroatoms. The lowest BCUT2D eigenvalue weighted by atomic mass is 10.1. The highest BCUT2D eigenvalue weighted by molar-refractivity contribution is 5.97. The summed E-state index contributed by atoms with van der Waals surface area (Å²) in [5.74, 6) is 0.724. The first-order chi connectivity index (χ1) is 15.2. The molecule has 7 nitrogen and oxygen atoms in total. The number of para-hydroxylation sites is 1. The molecule has 0 spiro atoms. The lowest BCUT2D eigenvalue weighted by Crippen LogP contribution is -2.25. The van der Waals surface area contributed by atoms with Crippen LogP contribution in [-0.4, -0.2) is 31.6 Å². The van der Waals surface area contributed by atoms with E-state index in [0.717, 1.165) is 5.56 Å². The average Bonchev–Trinajstić information content (AvgIpc) is 3.33. The number of furan rings is 1. The Bertz CT molecular complexity index is 985. The number of hydrogen-bond donors (Lipinski definition) is 2. The monoisotopic (exact) mass is 422 g/mol. The largest absolute Gasteiger partial charge is 0.490 e. The van der Waals surface area contributed by atoms with E-state index >= 15 is 0 Å². The Labute approximate surface area is 181 Å². The van der Waals surface area contributed by atoms with E-state index in [2.05, 4.69) is 10.6 Å². The molecule has 31 heavy (non-hydrogen) atoms. The minimum absolute atomic E-state index is 0.211. The van der Waals surface area contributed by atoms with Gasteiger partial charge in [-0.05, 0) is 48.9 Å². The van der Waals surface area contributed by atoms with E-state index in [9.17, 15) is 9.59 Å². The van der Waals surface area contributed by atoms with Crippen LogP contribution in [0.4, 0.5) is 0 Å². The highest BCUT2D eigenvalue weighted by atomic mass is 16.5. The zero-order valence-electron chi connectivity index (χ0n) is 17.4. The summed E-state index contributed by atoms with van der Waals surface area (Å²) in [7, 11) is 0. The van der Waals surface area contributed by atoms with Gasteiger partial charge in [0, 0.05) is 18.7 Å². The van der Waals surface area contributed by atoms with Gasteiger partial charge in [0.25, 0.3) is 11.8 Å². The number of hydrogen-bond acceptors (Lipinski definition) is 5. The molecule has 1 heterocycles. The number of ether oxygens (including phenoxy) is 2.